The molecule has 4 rings (SSSR count). The summed E-state index contributed by atoms with van der Waals surface area (Å²) in [6.45, 7) is 0. The summed E-state index contributed by atoms with van der Waals surface area (Å²) < 4.78 is 40.9. The Morgan fingerprint density at radius 2 is 1.79 bits per heavy atom. The number of nitrogens with zero attached hydrogens (tertiary/aromatic N) is 4. The Labute approximate surface area is 166 Å². The highest BCUT2D eigenvalue weighted by Gasteiger charge is 2.34. The molecule has 0 atom stereocenters. The van der Waals surface area contributed by atoms with E-state index in [-0.39, 0.29) is 11.4 Å². The highest BCUT2D eigenvalue weighted by atomic mass is 32.1. The van der Waals surface area contributed by atoms with Crippen LogP contribution in [0.5, 0.6) is 0 Å². The molecule has 0 spiro atoms. The second kappa shape index (κ2) is 7.47. The van der Waals surface area contributed by atoms with Gasteiger partial charge in [-0.25, -0.2) is 9.67 Å². The summed E-state index contributed by atoms with van der Waals surface area (Å²) in [5.74, 6) is -0.624. The summed E-state index contributed by atoms with van der Waals surface area (Å²) in [4.78, 5) is 21.2. The lowest BCUT2D eigenvalue weighted by Gasteiger charge is -2.14. The van der Waals surface area contributed by atoms with Crippen molar-refractivity contribution < 1.29 is 18.0 Å². The zero-order valence-corrected chi connectivity index (χ0v) is 15.4. The van der Waals surface area contributed by atoms with Gasteiger partial charge in [-0.1, -0.05) is 18.2 Å². The van der Waals surface area contributed by atoms with Gasteiger partial charge >= 0.3 is 6.18 Å². The Kier molecular flexibility index (Phi) is 4.85. The van der Waals surface area contributed by atoms with E-state index >= 15 is 0 Å². The van der Waals surface area contributed by atoms with Crippen LogP contribution in [0.4, 0.5) is 18.3 Å². The fraction of sp³-hybridized carbons (Fsp3) is 0.0526. The molecule has 0 fully saturated rings. The number of rotatable bonds is 4. The van der Waals surface area contributed by atoms with Crippen LogP contribution in [-0.4, -0.2) is 25.7 Å². The molecule has 0 saturated heterocycles. The van der Waals surface area contributed by atoms with Crippen molar-refractivity contribution in [3.05, 3.63) is 77.6 Å². The van der Waals surface area contributed by atoms with Gasteiger partial charge < -0.3 is 0 Å². The van der Waals surface area contributed by atoms with Crippen molar-refractivity contribution in [3.8, 4) is 17.1 Å². The number of para-hydroxylation sites is 1. The molecule has 146 valence electrons. The predicted octanol–water partition coefficient (Wildman–Crippen LogP) is 4.66. The molecule has 6 nitrogen and oxygen atoms in total. The lowest BCUT2D eigenvalue weighted by molar-refractivity contribution is -0.137. The minimum absolute atomic E-state index is 0.0451. The van der Waals surface area contributed by atoms with Gasteiger partial charge in [-0.15, -0.1) is 11.3 Å². The lowest BCUT2D eigenvalue weighted by atomic mass is 10.1. The van der Waals surface area contributed by atoms with Gasteiger partial charge in [-0.05, 0) is 30.3 Å². The Morgan fingerprint density at radius 3 is 2.55 bits per heavy atom. The van der Waals surface area contributed by atoms with Crippen LogP contribution < -0.4 is 5.32 Å². The third-order valence-electron chi connectivity index (χ3n) is 3.96. The molecule has 3 heterocycles. The second-order valence-corrected chi connectivity index (χ2v) is 6.71. The van der Waals surface area contributed by atoms with E-state index in [4.69, 9.17) is 0 Å². The number of benzene rings is 1. The molecule has 29 heavy (non-hydrogen) atoms. The Bertz CT molecular complexity index is 1150. The van der Waals surface area contributed by atoms with Crippen molar-refractivity contribution in [1.82, 2.24) is 19.7 Å². The number of nitrogens with one attached hydrogen (secondary N) is 1. The van der Waals surface area contributed by atoms with Crippen LogP contribution in [0.1, 0.15) is 16.1 Å². The second-order valence-electron chi connectivity index (χ2n) is 5.85. The molecule has 0 aliphatic rings. The average molecular weight is 415 g/mol. The predicted molar refractivity (Wildman–Crippen MR) is 102 cm³/mol. The van der Waals surface area contributed by atoms with Crippen LogP contribution in [0.3, 0.4) is 0 Å². The number of halogens is 3. The summed E-state index contributed by atoms with van der Waals surface area (Å²) in [6.07, 6.45) is -1.68. The number of anilines is 1. The first-order valence-corrected chi connectivity index (χ1v) is 9.20. The van der Waals surface area contributed by atoms with Gasteiger partial charge in [-0.2, -0.15) is 18.3 Å². The molecule has 4 aromatic rings. The SMILES string of the molecule is O=C(Nc1nc(-c2ccccn2)cs1)c1ccnn1-c1ccccc1C(F)(F)F. The van der Waals surface area contributed by atoms with E-state index < -0.39 is 17.6 Å². The summed E-state index contributed by atoms with van der Waals surface area (Å²) in [5.41, 5.74) is 0.0689. The number of carbonyl (C=O) groups excluding carboxylic acids is 1. The van der Waals surface area contributed by atoms with Crippen molar-refractivity contribution in [2.45, 2.75) is 6.18 Å². The van der Waals surface area contributed by atoms with Crippen LogP contribution in [0, 0.1) is 0 Å². The van der Waals surface area contributed by atoms with Crippen molar-refractivity contribution >= 4 is 22.4 Å². The lowest BCUT2D eigenvalue weighted by Crippen LogP contribution is -2.19. The smallest absolute Gasteiger partial charge is 0.296 e. The van der Waals surface area contributed by atoms with Gasteiger partial charge in [0.15, 0.2) is 5.13 Å². The molecular weight excluding hydrogens is 403 g/mol. The number of pyridine rings is 1. The van der Waals surface area contributed by atoms with Crippen molar-refractivity contribution in [2.75, 3.05) is 5.32 Å². The fourth-order valence-corrected chi connectivity index (χ4v) is 3.39. The molecule has 3 aromatic heterocycles. The first kappa shape index (κ1) is 18.8. The number of hydrogen-bond acceptors (Lipinski definition) is 5. The van der Waals surface area contributed by atoms with Crippen LogP contribution in [-0.2, 0) is 6.18 Å². The molecule has 1 amide bonds. The van der Waals surface area contributed by atoms with E-state index in [2.05, 4.69) is 20.4 Å². The normalized spacial score (nSPS) is 11.4. The van der Waals surface area contributed by atoms with Gasteiger partial charge in [0.05, 0.1) is 23.1 Å². The molecule has 0 saturated carbocycles. The largest absolute Gasteiger partial charge is 0.418 e. The Hall–Kier alpha value is -3.53. The highest BCUT2D eigenvalue weighted by Crippen LogP contribution is 2.34. The van der Waals surface area contributed by atoms with Gasteiger partial charge in [-0.3, -0.25) is 15.1 Å². The van der Waals surface area contributed by atoms with Crippen molar-refractivity contribution in [1.29, 1.82) is 0 Å². The molecule has 0 unspecified atom stereocenters. The molecule has 1 N–H and O–H groups in total. The summed E-state index contributed by atoms with van der Waals surface area (Å²) in [5, 5.41) is 8.54. The third-order valence-corrected chi connectivity index (χ3v) is 4.72. The number of amides is 1. The average Bonchev–Trinajstić information content (AvgIpc) is 3.38. The zero-order valence-electron chi connectivity index (χ0n) is 14.6. The molecule has 0 bridgehead atoms. The molecule has 10 heteroatoms. The van der Waals surface area contributed by atoms with E-state index in [0.29, 0.717) is 16.5 Å². The fourth-order valence-electron chi connectivity index (χ4n) is 2.69. The summed E-state index contributed by atoms with van der Waals surface area (Å²) in [7, 11) is 0. The van der Waals surface area contributed by atoms with Crippen LogP contribution in [0.15, 0.2) is 66.3 Å². The molecule has 0 aliphatic heterocycles. The highest BCUT2D eigenvalue weighted by molar-refractivity contribution is 7.14. The van der Waals surface area contributed by atoms with Gasteiger partial charge in [0, 0.05) is 11.6 Å². The first-order chi connectivity index (χ1) is 13.9. The monoisotopic (exact) mass is 415 g/mol. The van der Waals surface area contributed by atoms with E-state index in [0.717, 1.165) is 10.7 Å². The number of alkyl halides is 3. The topological polar surface area (TPSA) is 72.7 Å². The van der Waals surface area contributed by atoms with Gasteiger partial charge in [0.1, 0.15) is 11.4 Å². The third kappa shape index (κ3) is 3.87. The maximum absolute atomic E-state index is 13.3. The quantitative estimate of drug-likeness (QED) is 0.526. The van der Waals surface area contributed by atoms with E-state index in [1.165, 1.54) is 41.8 Å². The molecular formula is C19H12F3N5OS. The summed E-state index contributed by atoms with van der Waals surface area (Å²) >= 11 is 1.19. The zero-order chi connectivity index (χ0) is 20.4. The molecule has 0 aliphatic carbocycles. The Morgan fingerprint density at radius 1 is 1.00 bits per heavy atom. The maximum atomic E-state index is 13.3. The van der Waals surface area contributed by atoms with Gasteiger partial charge in [0.25, 0.3) is 5.91 Å². The minimum Gasteiger partial charge on any atom is -0.296 e. The van der Waals surface area contributed by atoms with Crippen molar-refractivity contribution in [3.63, 3.8) is 0 Å². The Balaban J connectivity index is 1.62. The van der Waals surface area contributed by atoms with E-state index in [1.807, 2.05) is 6.07 Å². The van der Waals surface area contributed by atoms with E-state index in [1.54, 1.807) is 23.7 Å². The van der Waals surface area contributed by atoms with Crippen LogP contribution in [0.2, 0.25) is 0 Å². The standard InChI is InChI=1S/C19H12F3N5OS/c20-19(21,22)12-5-1-2-7-15(12)27-16(8-10-24-27)17(28)26-18-25-14(11-29-18)13-6-3-4-9-23-13/h1-11H,(H,25,26,28). The van der Waals surface area contributed by atoms with Crippen molar-refractivity contribution in [2.24, 2.45) is 0 Å². The minimum atomic E-state index is -4.58. The van der Waals surface area contributed by atoms with Crippen LogP contribution >= 0.6 is 11.3 Å². The number of hydrogen-bond donors (Lipinski definition) is 1. The van der Waals surface area contributed by atoms with E-state index in [9.17, 15) is 18.0 Å². The first-order valence-electron chi connectivity index (χ1n) is 8.32. The molecule has 1 aromatic carbocycles. The van der Waals surface area contributed by atoms with Crippen LogP contribution in [0.25, 0.3) is 17.1 Å². The molecule has 0 radical (unpaired) electrons. The van der Waals surface area contributed by atoms with Gasteiger partial charge in [0.2, 0.25) is 0 Å². The number of carbonyl (C=O) groups is 1. The maximum Gasteiger partial charge on any atom is 0.418 e. The number of aromatic nitrogens is 4. The summed E-state index contributed by atoms with van der Waals surface area (Å²) in [6, 6.07) is 11.7. The number of thiazole rings is 1.